The number of carbonyl (C=O) groups excluding carboxylic acids is 2. The third-order valence-electron chi connectivity index (χ3n) is 6.05. The minimum atomic E-state index is -0.650. The van der Waals surface area contributed by atoms with Crippen LogP contribution in [0.1, 0.15) is 43.7 Å². The van der Waals surface area contributed by atoms with Gasteiger partial charge in [-0.15, -0.1) is 0 Å². The van der Waals surface area contributed by atoms with E-state index in [0.29, 0.717) is 6.67 Å². The van der Waals surface area contributed by atoms with Crippen molar-refractivity contribution in [2.75, 3.05) is 13.2 Å². The Bertz CT molecular complexity index is 674. The van der Waals surface area contributed by atoms with Gasteiger partial charge in [0.2, 0.25) is 0 Å². The molecule has 1 saturated heterocycles. The van der Waals surface area contributed by atoms with Crippen LogP contribution in [0.4, 0.5) is 4.79 Å². The molecule has 0 bridgehead atoms. The van der Waals surface area contributed by atoms with Crippen LogP contribution in [0.2, 0.25) is 0 Å². The second-order valence-corrected chi connectivity index (χ2v) is 7.49. The summed E-state index contributed by atoms with van der Waals surface area (Å²) in [4.78, 5) is 29.2. The van der Waals surface area contributed by atoms with Crippen LogP contribution in [0.25, 0.3) is 0 Å². The Hall–Kier alpha value is -1.88. The van der Waals surface area contributed by atoms with Gasteiger partial charge in [0, 0.05) is 13.1 Å². The van der Waals surface area contributed by atoms with Crippen molar-refractivity contribution >= 4 is 11.9 Å². The average Bonchev–Trinajstić information content (AvgIpc) is 2.83. The van der Waals surface area contributed by atoms with E-state index < -0.39 is 5.54 Å². The van der Waals surface area contributed by atoms with Gasteiger partial charge in [0.05, 0.1) is 6.67 Å². The number of carbonyl (C=O) groups is 2. The van der Waals surface area contributed by atoms with Crippen LogP contribution < -0.4 is 5.32 Å². The van der Waals surface area contributed by atoms with Gasteiger partial charge in [0.25, 0.3) is 5.91 Å². The maximum Gasteiger partial charge on any atom is 0.326 e. The molecule has 5 nitrogen and oxygen atoms in total. The number of hydrogen-bond acceptors (Lipinski definition) is 3. The molecule has 1 aliphatic carbocycles. The number of hydrogen-bond donors (Lipinski definition) is 1. The van der Waals surface area contributed by atoms with Crippen LogP contribution in [0.5, 0.6) is 0 Å². The lowest BCUT2D eigenvalue weighted by atomic mass is 9.73. The molecule has 2 atom stereocenters. The smallest absolute Gasteiger partial charge is 0.323 e. The van der Waals surface area contributed by atoms with Crippen molar-refractivity contribution in [1.29, 1.82) is 0 Å². The summed E-state index contributed by atoms with van der Waals surface area (Å²) in [6.07, 6.45) is 4.92. The normalized spacial score (nSPS) is 30.5. The molecule has 3 amide bonds. The number of nitrogens with zero attached hydrogens (tertiary/aromatic N) is 2. The van der Waals surface area contributed by atoms with Crippen molar-refractivity contribution in [3.8, 4) is 0 Å². The van der Waals surface area contributed by atoms with E-state index in [1.165, 1.54) is 16.0 Å². The van der Waals surface area contributed by atoms with Gasteiger partial charge >= 0.3 is 6.03 Å². The van der Waals surface area contributed by atoms with Gasteiger partial charge in [-0.3, -0.25) is 9.69 Å². The summed E-state index contributed by atoms with van der Waals surface area (Å²) >= 11 is 0. The molecule has 5 heteroatoms. The molecule has 2 aliphatic heterocycles. The highest BCUT2D eigenvalue weighted by atomic mass is 16.2. The molecule has 0 aromatic heterocycles. The van der Waals surface area contributed by atoms with Gasteiger partial charge in [0.1, 0.15) is 5.54 Å². The predicted octanol–water partition coefficient (Wildman–Crippen LogP) is 2.50. The second kappa shape index (κ2) is 5.88. The summed E-state index contributed by atoms with van der Waals surface area (Å²) in [6.45, 7) is 4.18. The Labute approximate surface area is 143 Å². The molecular formula is C19H25N3O2. The zero-order valence-corrected chi connectivity index (χ0v) is 14.3. The van der Waals surface area contributed by atoms with Gasteiger partial charge in [-0.25, -0.2) is 9.69 Å². The Morgan fingerprint density at radius 1 is 1.21 bits per heavy atom. The lowest BCUT2D eigenvalue weighted by Crippen LogP contribution is -2.54. The van der Waals surface area contributed by atoms with E-state index in [4.69, 9.17) is 0 Å². The molecule has 1 aromatic carbocycles. The van der Waals surface area contributed by atoms with Gasteiger partial charge in [-0.05, 0) is 36.3 Å². The minimum absolute atomic E-state index is 0.0152. The first-order chi connectivity index (χ1) is 11.6. The summed E-state index contributed by atoms with van der Waals surface area (Å²) in [6, 6.07) is 8.21. The van der Waals surface area contributed by atoms with Crippen LogP contribution in [-0.2, 0) is 17.8 Å². The monoisotopic (exact) mass is 327 g/mol. The number of imide groups is 1. The van der Waals surface area contributed by atoms with E-state index in [9.17, 15) is 9.59 Å². The second-order valence-electron chi connectivity index (χ2n) is 7.49. The number of urea groups is 1. The van der Waals surface area contributed by atoms with E-state index in [1.807, 2.05) is 0 Å². The van der Waals surface area contributed by atoms with Gasteiger partial charge in [0.15, 0.2) is 0 Å². The standard InChI is InChI=1S/C19H25N3O2/c1-14-6-4-5-10-19(14)17(23)22(18(24)20-19)13-21-11-9-15-7-2-3-8-16(15)12-21/h2-3,7-8,14H,4-6,9-13H2,1H3,(H,20,24)/t14-,19+/m0/s1. The fourth-order valence-electron chi connectivity index (χ4n) is 4.50. The first kappa shape index (κ1) is 15.6. The average molecular weight is 327 g/mol. The molecule has 2 heterocycles. The molecule has 1 N–H and O–H groups in total. The molecule has 128 valence electrons. The number of fused-ring (bicyclic) bond motifs is 1. The summed E-state index contributed by atoms with van der Waals surface area (Å²) in [5.74, 6) is 0.202. The zero-order valence-electron chi connectivity index (χ0n) is 14.3. The van der Waals surface area contributed by atoms with Gasteiger partial charge in [-0.1, -0.05) is 44.0 Å². The highest BCUT2D eigenvalue weighted by molar-refractivity contribution is 6.07. The Morgan fingerprint density at radius 3 is 2.79 bits per heavy atom. The first-order valence-electron chi connectivity index (χ1n) is 9.03. The summed E-state index contributed by atoms with van der Waals surface area (Å²) in [7, 11) is 0. The lowest BCUT2D eigenvalue weighted by Gasteiger charge is -2.37. The number of benzene rings is 1. The summed E-state index contributed by atoms with van der Waals surface area (Å²) in [5, 5.41) is 3.04. The fraction of sp³-hybridized carbons (Fsp3) is 0.579. The molecule has 2 fully saturated rings. The van der Waals surface area contributed by atoms with Crippen molar-refractivity contribution in [2.24, 2.45) is 5.92 Å². The molecule has 24 heavy (non-hydrogen) atoms. The van der Waals surface area contributed by atoms with Crippen LogP contribution in [0, 0.1) is 5.92 Å². The maximum atomic E-state index is 13.0. The van der Waals surface area contributed by atoms with E-state index in [2.05, 4.69) is 41.4 Å². The van der Waals surface area contributed by atoms with Crippen molar-refractivity contribution < 1.29 is 9.59 Å². The van der Waals surface area contributed by atoms with Crippen molar-refractivity contribution in [3.63, 3.8) is 0 Å². The molecule has 3 aliphatic rings. The molecule has 0 radical (unpaired) electrons. The molecule has 0 unspecified atom stereocenters. The van der Waals surface area contributed by atoms with Gasteiger partial charge in [-0.2, -0.15) is 0 Å². The van der Waals surface area contributed by atoms with E-state index in [0.717, 1.165) is 45.2 Å². The zero-order chi connectivity index (χ0) is 16.7. The van der Waals surface area contributed by atoms with Gasteiger partial charge < -0.3 is 5.32 Å². The maximum absolute atomic E-state index is 13.0. The van der Waals surface area contributed by atoms with Crippen molar-refractivity contribution in [1.82, 2.24) is 15.1 Å². The highest BCUT2D eigenvalue weighted by Gasteiger charge is 2.55. The van der Waals surface area contributed by atoms with E-state index in [1.54, 1.807) is 0 Å². The topological polar surface area (TPSA) is 52.7 Å². The Balaban J connectivity index is 1.49. The number of amides is 3. The summed E-state index contributed by atoms with van der Waals surface area (Å²) < 4.78 is 0. The molecule has 4 rings (SSSR count). The van der Waals surface area contributed by atoms with Crippen molar-refractivity contribution in [2.45, 2.75) is 51.1 Å². The van der Waals surface area contributed by atoms with Crippen LogP contribution in [0.3, 0.4) is 0 Å². The van der Waals surface area contributed by atoms with Crippen LogP contribution in [0.15, 0.2) is 24.3 Å². The fourth-order valence-corrected chi connectivity index (χ4v) is 4.50. The minimum Gasteiger partial charge on any atom is -0.323 e. The highest BCUT2D eigenvalue weighted by Crippen LogP contribution is 2.38. The quantitative estimate of drug-likeness (QED) is 0.849. The predicted molar refractivity (Wildman–Crippen MR) is 91.2 cm³/mol. The Kier molecular flexibility index (Phi) is 3.83. The lowest BCUT2D eigenvalue weighted by molar-refractivity contribution is -0.135. The molecule has 1 saturated carbocycles. The van der Waals surface area contributed by atoms with E-state index >= 15 is 0 Å². The van der Waals surface area contributed by atoms with E-state index in [-0.39, 0.29) is 17.9 Å². The largest absolute Gasteiger partial charge is 0.326 e. The van der Waals surface area contributed by atoms with Crippen molar-refractivity contribution in [3.05, 3.63) is 35.4 Å². The third kappa shape index (κ3) is 2.42. The summed E-state index contributed by atoms with van der Waals surface area (Å²) in [5.41, 5.74) is 2.03. The number of nitrogens with one attached hydrogen (secondary N) is 1. The molecular weight excluding hydrogens is 302 g/mol. The first-order valence-corrected chi connectivity index (χ1v) is 9.03. The van der Waals surface area contributed by atoms with Crippen LogP contribution >= 0.6 is 0 Å². The molecule has 1 aromatic rings. The SMILES string of the molecule is C[C@H]1CCCC[C@@]12NC(=O)N(CN1CCc3ccccc3C1)C2=O. The third-order valence-corrected chi connectivity index (χ3v) is 6.05. The van der Waals surface area contributed by atoms with Crippen LogP contribution in [-0.4, -0.2) is 40.5 Å². The Morgan fingerprint density at radius 2 is 2.00 bits per heavy atom. The number of rotatable bonds is 2. The molecule has 1 spiro atoms.